The summed E-state index contributed by atoms with van der Waals surface area (Å²) in [5, 5.41) is 0. The summed E-state index contributed by atoms with van der Waals surface area (Å²) in [4.78, 5) is 12.9. The molecule has 0 N–H and O–H groups in total. The highest BCUT2D eigenvalue weighted by Crippen LogP contribution is 2.44. The molecule has 1 aromatic heterocycles. The molecule has 0 unspecified atom stereocenters. The largest absolute Gasteiger partial charge is 0.353 e. The van der Waals surface area contributed by atoms with E-state index in [2.05, 4.69) is 84.4 Å². The van der Waals surface area contributed by atoms with Crippen molar-refractivity contribution < 1.29 is 0 Å². The van der Waals surface area contributed by atoms with Gasteiger partial charge in [0.2, 0.25) is 0 Å². The van der Waals surface area contributed by atoms with Gasteiger partial charge in [-0.3, -0.25) is 4.90 Å². The molecule has 170 valence electrons. The molecule has 1 fully saturated rings. The summed E-state index contributed by atoms with van der Waals surface area (Å²) < 4.78 is 1.37. The smallest absolute Gasteiger partial charge is 0.138 e. The lowest BCUT2D eigenvalue weighted by Crippen LogP contribution is -2.53. The van der Waals surface area contributed by atoms with Gasteiger partial charge >= 0.3 is 0 Å². The van der Waals surface area contributed by atoms with E-state index in [4.69, 9.17) is 4.99 Å². The van der Waals surface area contributed by atoms with E-state index < -0.39 is 0 Å². The number of thiophene rings is 1. The molecule has 3 nitrogen and oxygen atoms in total. The number of rotatable bonds is 3. The van der Waals surface area contributed by atoms with E-state index in [0.717, 1.165) is 37.6 Å². The lowest BCUT2D eigenvalue weighted by molar-refractivity contribution is 0.134. The van der Waals surface area contributed by atoms with Crippen LogP contribution in [0.2, 0.25) is 0 Å². The van der Waals surface area contributed by atoms with E-state index in [0.29, 0.717) is 6.04 Å². The Morgan fingerprint density at radius 3 is 2.56 bits per heavy atom. The van der Waals surface area contributed by atoms with Crippen LogP contribution in [0.15, 0.2) is 74.8 Å². The normalized spacial score (nSPS) is 17.9. The van der Waals surface area contributed by atoms with Gasteiger partial charge in [0.05, 0.1) is 9.90 Å². The van der Waals surface area contributed by atoms with Crippen LogP contribution < -0.4 is 0 Å². The van der Waals surface area contributed by atoms with Crippen molar-refractivity contribution >= 4 is 59.4 Å². The number of para-hydroxylation sites is 1. The van der Waals surface area contributed by atoms with Gasteiger partial charge in [0.15, 0.2) is 0 Å². The molecule has 0 bridgehead atoms. The molecule has 32 heavy (non-hydrogen) atoms. The van der Waals surface area contributed by atoms with Crippen molar-refractivity contribution in [2.45, 2.75) is 34.9 Å². The highest BCUT2D eigenvalue weighted by atomic mass is 35.5. The van der Waals surface area contributed by atoms with Gasteiger partial charge in [-0.2, -0.15) is 0 Å². The molecule has 2 aliphatic rings. The van der Waals surface area contributed by atoms with Crippen molar-refractivity contribution in [2.75, 3.05) is 26.7 Å². The molecule has 3 aromatic rings. The summed E-state index contributed by atoms with van der Waals surface area (Å²) in [5.74, 6) is 1.16. The number of halogens is 2. The van der Waals surface area contributed by atoms with Gasteiger partial charge in [-0.1, -0.05) is 54.2 Å². The average molecular weight is 507 g/mol. The first-order valence-electron chi connectivity index (χ1n) is 10.6. The highest BCUT2D eigenvalue weighted by Gasteiger charge is 2.30. The maximum atomic E-state index is 5.21. The lowest BCUT2D eigenvalue weighted by Gasteiger charge is -2.41. The molecule has 2 aromatic carbocycles. The summed E-state index contributed by atoms with van der Waals surface area (Å²) in [5.41, 5.74) is 3.83. The van der Waals surface area contributed by atoms with E-state index in [1.807, 2.05) is 23.1 Å². The number of amidine groups is 1. The maximum Gasteiger partial charge on any atom is 0.138 e. The standard InChI is InChI=1S/C25H27N3S2.2ClH/c1-18-16-21-24(26-22-10-6-7-11-23(22)30-25(21)29-18)28-15-14-27(2)20(17-28)13-12-19-8-4-3-5-9-19;;/h3-11,16,20H,12-15,17H2,1-2H3;2*1H/t20-;;/m0../s1. The number of benzene rings is 2. The molecule has 0 amide bonds. The Labute approximate surface area is 211 Å². The molecule has 1 atom stereocenters. The SMILES string of the molecule is Cc1cc2c(s1)Sc1ccccc1N=C2N1CCN(C)[C@@H](CCc2ccccc2)C1.Cl.Cl. The molecule has 1 saturated heterocycles. The number of hydrogen-bond donors (Lipinski definition) is 0. The molecule has 0 spiro atoms. The number of fused-ring (bicyclic) bond motifs is 2. The maximum absolute atomic E-state index is 5.21. The van der Waals surface area contributed by atoms with Crippen molar-refractivity contribution in [2.24, 2.45) is 4.99 Å². The predicted molar refractivity (Wildman–Crippen MR) is 143 cm³/mol. The molecular weight excluding hydrogens is 477 g/mol. The van der Waals surface area contributed by atoms with Crippen LogP contribution in [-0.2, 0) is 6.42 Å². The Bertz CT molecular complexity index is 1070. The van der Waals surface area contributed by atoms with Crippen molar-refractivity contribution in [1.82, 2.24) is 9.80 Å². The second-order valence-corrected chi connectivity index (χ2v) is 10.7. The Hall–Kier alpha value is -1.50. The van der Waals surface area contributed by atoms with Crippen LogP contribution in [-0.4, -0.2) is 48.4 Å². The zero-order valence-corrected chi connectivity index (χ0v) is 21.6. The third-order valence-corrected chi connectivity index (χ3v) is 8.36. The fourth-order valence-corrected chi connectivity index (χ4v) is 6.69. The van der Waals surface area contributed by atoms with Crippen LogP contribution in [0.25, 0.3) is 0 Å². The van der Waals surface area contributed by atoms with Crippen LogP contribution >= 0.6 is 47.9 Å². The van der Waals surface area contributed by atoms with Crippen molar-refractivity contribution in [3.05, 3.63) is 76.7 Å². The number of piperazine rings is 1. The number of nitrogens with zero attached hydrogens (tertiary/aromatic N) is 3. The first-order valence-corrected chi connectivity index (χ1v) is 12.3. The molecule has 0 saturated carbocycles. The van der Waals surface area contributed by atoms with Crippen LogP contribution in [0.3, 0.4) is 0 Å². The highest BCUT2D eigenvalue weighted by molar-refractivity contribution is 8.01. The summed E-state index contributed by atoms with van der Waals surface area (Å²) in [6.45, 7) is 5.34. The molecule has 5 rings (SSSR count). The van der Waals surface area contributed by atoms with Gasteiger partial charge in [-0.05, 0) is 50.6 Å². The van der Waals surface area contributed by atoms with Crippen molar-refractivity contribution in [3.8, 4) is 0 Å². The first kappa shape index (κ1) is 25.1. The molecule has 7 heteroatoms. The molecule has 2 aliphatic heterocycles. The number of likely N-dealkylation sites (N-methyl/N-ethyl adjacent to an activating group) is 1. The Morgan fingerprint density at radius 1 is 1.00 bits per heavy atom. The van der Waals surface area contributed by atoms with Crippen LogP contribution in [0.5, 0.6) is 0 Å². The minimum atomic E-state index is 0. The number of aryl methyl sites for hydroxylation is 2. The first-order chi connectivity index (χ1) is 14.7. The Kier molecular flexibility index (Phi) is 8.70. The monoisotopic (exact) mass is 505 g/mol. The third kappa shape index (κ3) is 5.35. The second kappa shape index (κ2) is 11.1. The van der Waals surface area contributed by atoms with Crippen molar-refractivity contribution in [3.63, 3.8) is 0 Å². The zero-order valence-electron chi connectivity index (χ0n) is 18.4. The van der Waals surface area contributed by atoms with Gasteiger partial charge in [0, 0.05) is 41.0 Å². The zero-order chi connectivity index (χ0) is 20.5. The topological polar surface area (TPSA) is 18.8 Å². The summed E-state index contributed by atoms with van der Waals surface area (Å²) in [7, 11) is 2.27. The predicted octanol–water partition coefficient (Wildman–Crippen LogP) is 6.69. The van der Waals surface area contributed by atoms with Crippen LogP contribution in [0.1, 0.15) is 22.4 Å². The second-order valence-electron chi connectivity index (χ2n) is 8.17. The average Bonchev–Trinajstić information content (AvgIpc) is 3.05. The Morgan fingerprint density at radius 2 is 1.75 bits per heavy atom. The summed E-state index contributed by atoms with van der Waals surface area (Å²) in [6.07, 6.45) is 2.29. The summed E-state index contributed by atoms with van der Waals surface area (Å²) >= 11 is 3.76. The number of hydrogen-bond acceptors (Lipinski definition) is 5. The Balaban J connectivity index is 0.00000144. The molecule has 0 aliphatic carbocycles. The van der Waals surface area contributed by atoms with Gasteiger partial charge in [0.25, 0.3) is 0 Å². The lowest BCUT2D eigenvalue weighted by atomic mass is 10.0. The molecular formula is C25H29Cl2N3S2. The van der Waals surface area contributed by atoms with Crippen molar-refractivity contribution in [1.29, 1.82) is 0 Å². The van der Waals surface area contributed by atoms with E-state index in [1.165, 1.54) is 31.5 Å². The van der Waals surface area contributed by atoms with Crippen LogP contribution in [0.4, 0.5) is 5.69 Å². The van der Waals surface area contributed by atoms with Gasteiger partial charge in [0.1, 0.15) is 5.84 Å². The quantitative estimate of drug-likeness (QED) is 0.394. The van der Waals surface area contributed by atoms with Gasteiger partial charge < -0.3 is 4.90 Å². The fourth-order valence-electron chi connectivity index (χ4n) is 4.30. The molecule has 3 heterocycles. The van der Waals surface area contributed by atoms with E-state index in [1.54, 1.807) is 0 Å². The van der Waals surface area contributed by atoms with E-state index in [-0.39, 0.29) is 24.8 Å². The minimum Gasteiger partial charge on any atom is -0.353 e. The van der Waals surface area contributed by atoms with E-state index >= 15 is 0 Å². The van der Waals surface area contributed by atoms with Crippen LogP contribution in [0, 0.1) is 6.92 Å². The van der Waals surface area contributed by atoms with Gasteiger partial charge in [-0.15, -0.1) is 36.2 Å². The van der Waals surface area contributed by atoms with Gasteiger partial charge in [-0.25, -0.2) is 4.99 Å². The summed E-state index contributed by atoms with van der Waals surface area (Å²) in [6, 6.07) is 22.3. The molecule has 0 radical (unpaired) electrons. The van der Waals surface area contributed by atoms with E-state index in [9.17, 15) is 0 Å². The third-order valence-electron chi connectivity index (χ3n) is 6.04. The fraction of sp³-hybridized carbons (Fsp3) is 0.320. The minimum absolute atomic E-state index is 0. The number of aliphatic imine (C=N–C) groups is 1.